The number of pyridine rings is 1. The van der Waals surface area contributed by atoms with Crippen molar-refractivity contribution in [3.8, 4) is 0 Å². The third-order valence-electron chi connectivity index (χ3n) is 2.63. The first kappa shape index (κ1) is 15.8. The van der Waals surface area contributed by atoms with Gasteiger partial charge in [0.05, 0.1) is 11.5 Å². The summed E-state index contributed by atoms with van der Waals surface area (Å²) in [7, 11) is 1.55. The largest absolute Gasteiger partial charge is 0.383 e. The first-order valence-electron chi connectivity index (χ1n) is 6.10. The standard InChI is InChI=1S/C12H18N4O4/c1-8-6-10(16(18)19)7-14-11(8)15-9(2)12(17)13-4-5-20-3/h6-7,9H,4-5H2,1-3H3,(H,13,17)(H,14,15). The van der Waals surface area contributed by atoms with Crippen molar-refractivity contribution in [3.63, 3.8) is 0 Å². The number of hydrogen-bond donors (Lipinski definition) is 2. The van der Waals surface area contributed by atoms with Gasteiger partial charge in [0, 0.05) is 19.7 Å². The van der Waals surface area contributed by atoms with Crippen LogP contribution in [-0.2, 0) is 9.53 Å². The maximum absolute atomic E-state index is 11.7. The predicted molar refractivity (Wildman–Crippen MR) is 73.6 cm³/mol. The van der Waals surface area contributed by atoms with E-state index < -0.39 is 11.0 Å². The van der Waals surface area contributed by atoms with E-state index in [-0.39, 0.29) is 11.6 Å². The zero-order valence-corrected chi connectivity index (χ0v) is 11.7. The number of anilines is 1. The Morgan fingerprint density at radius 2 is 2.30 bits per heavy atom. The van der Waals surface area contributed by atoms with Gasteiger partial charge in [-0.1, -0.05) is 0 Å². The van der Waals surface area contributed by atoms with Gasteiger partial charge < -0.3 is 15.4 Å². The normalized spacial score (nSPS) is 11.8. The summed E-state index contributed by atoms with van der Waals surface area (Å²) in [6.07, 6.45) is 1.16. The number of amides is 1. The minimum Gasteiger partial charge on any atom is -0.383 e. The first-order valence-corrected chi connectivity index (χ1v) is 6.10. The van der Waals surface area contributed by atoms with Crippen LogP contribution >= 0.6 is 0 Å². The highest BCUT2D eigenvalue weighted by Gasteiger charge is 2.15. The molecule has 0 spiro atoms. The highest BCUT2D eigenvalue weighted by molar-refractivity contribution is 5.84. The van der Waals surface area contributed by atoms with Crippen molar-refractivity contribution in [2.75, 3.05) is 25.6 Å². The molecule has 0 saturated carbocycles. The summed E-state index contributed by atoms with van der Waals surface area (Å²) >= 11 is 0. The Morgan fingerprint density at radius 1 is 1.60 bits per heavy atom. The minimum atomic E-state index is -0.509. The SMILES string of the molecule is COCCNC(=O)C(C)Nc1ncc([N+](=O)[O-])cc1C. The molecule has 110 valence electrons. The third-order valence-corrected chi connectivity index (χ3v) is 2.63. The summed E-state index contributed by atoms with van der Waals surface area (Å²) in [5.74, 6) is 0.256. The van der Waals surface area contributed by atoms with Crippen LogP contribution < -0.4 is 10.6 Å². The van der Waals surface area contributed by atoms with E-state index in [1.165, 1.54) is 6.07 Å². The number of nitrogens with zero attached hydrogens (tertiary/aromatic N) is 2. The van der Waals surface area contributed by atoms with Crippen LogP contribution in [0.15, 0.2) is 12.3 Å². The number of ether oxygens (including phenoxy) is 1. The topological polar surface area (TPSA) is 106 Å². The molecule has 1 atom stereocenters. The zero-order chi connectivity index (χ0) is 15.1. The third kappa shape index (κ3) is 4.47. The summed E-state index contributed by atoms with van der Waals surface area (Å²) in [6, 6.07) is 0.907. The van der Waals surface area contributed by atoms with Gasteiger partial charge in [-0.2, -0.15) is 0 Å². The number of methoxy groups -OCH3 is 1. The average Bonchev–Trinajstić information content (AvgIpc) is 2.40. The molecule has 0 fully saturated rings. The van der Waals surface area contributed by atoms with Crippen LogP contribution in [0.2, 0.25) is 0 Å². The molecule has 1 unspecified atom stereocenters. The molecule has 8 heteroatoms. The zero-order valence-electron chi connectivity index (χ0n) is 11.7. The van der Waals surface area contributed by atoms with Crippen molar-refractivity contribution in [2.45, 2.75) is 19.9 Å². The molecule has 0 aliphatic rings. The molecule has 0 aliphatic carbocycles. The molecule has 1 aromatic heterocycles. The lowest BCUT2D eigenvalue weighted by atomic mass is 10.2. The monoisotopic (exact) mass is 282 g/mol. The van der Waals surface area contributed by atoms with E-state index in [9.17, 15) is 14.9 Å². The van der Waals surface area contributed by atoms with Crippen LogP contribution in [0.25, 0.3) is 0 Å². The molecule has 2 N–H and O–H groups in total. The Kier molecular flexibility index (Phi) is 5.85. The number of aryl methyl sites for hydroxylation is 1. The average molecular weight is 282 g/mol. The van der Waals surface area contributed by atoms with Crippen molar-refractivity contribution in [3.05, 3.63) is 27.9 Å². The number of carbonyl (C=O) groups is 1. The van der Waals surface area contributed by atoms with Gasteiger partial charge in [0.2, 0.25) is 5.91 Å². The first-order chi connectivity index (χ1) is 9.45. The summed E-state index contributed by atoms with van der Waals surface area (Å²) in [5.41, 5.74) is 0.529. The Balaban J connectivity index is 2.63. The Morgan fingerprint density at radius 3 is 2.85 bits per heavy atom. The van der Waals surface area contributed by atoms with Crippen LogP contribution in [0.3, 0.4) is 0 Å². The van der Waals surface area contributed by atoms with Crippen molar-refractivity contribution in [1.82, 2.24) is 10.3 Å². The summed E-state index contributed by atoms with van der Waals surface area (Å²) in [5, 5.41) is 16.2. The number of carbonyl (C=O) groups excluding carboxylic acids is 1. The fourth-order valence-corrected chi connectivity index (χ4v) is 1.51. The van der Waals surface area contributed by atoms with Gasteiger partial charge in [0.25, 0.3) is 5.69 Å². The Bertz CT molecular complexity index is 492. The molecule has 0 aromatic carbocycles. The molecule has 1 aromatic rings. The molecular formula is C12H18N4O4. The van der Waals surface area contributed by atoms with Gasteiger partial charge in [0.1, 0.15) is 18.1 Å². The van der Waals surface area contributed by atoms with E-state index in [2.05, 4.69) is 15.6 Å². The van der Waals surface area contributed by atoms with E-state index >= 15 is 0 Å². The van der Waals surface area contributed by atoms with Crippen LogP contribution in [0, 0.1) is 17.0 Å². The number of aromatic nitrogens is 1. The summed E-state index contributed by atoms with van der Waals surface area (Å²) in [6.45, 7) is 4.24. The lowest BCUT2D eigenvalue weighted by molar-refractivity contribution is -0.385. The van der Waals surface area contributed by atoms with Gasteiger partial charge in [-0.3, -0.25) is 14.9 Å². The lowest BCUT2D eigenvalue weighted by Crippen LogP contribution is -2.39. The van der Waals surface area contributed by atoms with Crippen LogP contribution in [0.1, 0.15) is 12.5 Å². The van der Waals surface area contributed by atoms with Crippen molar-refractivity contribution in [1.29, 1.82) is 0 Å². The van der Waals surface area contributed by atoms with E-state index in [1.54, 1.807) is 21.0 Å². The second kappa shape index (κ2) is 7.39. The smallest absolute Gasteiger partial charge is 0.287 e. The maximum Gasteiger partial charge on any atom is 0.287 e. The molecule has 1 heterocycles. The van der Waals surface area contributed by atoms with E-state index in [0.717, 1.165) is 6.20 Å². The van der Waals surface area contributed by atoms with Crippen LogP contribution in [0.4, 0.5) is 11.5 Å². The lowest BCUT2D eigenvalue weighted by Gasteiger charge is -2.15. The van der Waals surface area contributed by atoms with Gasteiger partial charge in [-0.05, 0) is 19.4 Å². The van der Waals surface area contributed by atoms with Crippen LogP contribution in [0.5, 0.6) is 0 Å². The number of hydrogen-bond acceptors (Lipinski definition) is 6. The molecular weight excluding hydrogens is 264 g/mol. The second-order valence-corrected chi connectivity index (χ2v) is 4.27. The highest BCUT2D eigenvalue weighted by atomic mass is 16.6. The molecule has 20 heavy (non-hydrogen) atoms. The molecule has 0 radical (unpaired) electrons. The fraction of sp³-hybridized carbons (Fsp3) is 0.500. The summed E-state index contributed by atoms with van der Waals surface area (Å²) < 4.78 is 4.83. The highest BCUT2D eigenvalue weighted by Crippen LogP contribution is 2.18. The van der Waals surface area contributed by atoms with Crippen LogP contribution in [-0.4, -0.2) is 42.1 Å². The predicted octanol–water partition coefficient (Wildman–Crippen LogP) is 0.861. The Labute approximate surface area is 116 Å². The van der Waals surface area contributed by atoms with Crippen molar-refractivity contribution >= 4 is 17.4 Å². The number of nitrogens with one attached hydrogen (secondary N) is 2. The molecule has 1 amide bonds. The summed E-state index contributed by atoms with van der Waals surface area (Å²) in [4.78, 5) is 25.8. The molecule has 0 bridgehead atoms. The minimum absolute atomic E-state index is 0.0785. The van der Waals surface area contributed by atoms with Crippen molar-refractivity contribution in [2.24, 2.45) is 0 Å². The fourth-order valence-electron chi connectivity index (χ4n) is 1.51. The van der Waals surface area contributed by atoms with E-state index in [4.69, 9.17) is 4.74 Å². The van der Waals surface area contributed by atoms with Gasteiger partial charge in [-0.25, -0.2) is 4.98 Å². The molecule has 8 nitrogen and oxygen atoms in total. The van der Waals surface area contributed by atoms with Gasteiger partial charge >= 0.3 is 0 Å². The molecule has 1 rings (SSSR count). The molecule has 0 saturated heterocycles. The van der Waals surface area contributed by atoms with Gasteiger partial charge in [-0.15, -0.1) is 0 Å². The second-order valence-electron chi connectivity index (χ2n) is 4.27. The van der Waals surface area contributed by atoms with Gasteiger partial charge in [0.15, 0.2) is 0 Å². The Hall–Kier alpha value is -2.22. The molecule has 0 aliphatic heterocycles. The van der Waals surface area contributed by atoms with Crippen molar-refractivity contribution < 1.29 is 14.5 Å². The van der Waals surface area contributed by atoms with E-state index in [1.807, 2.05) is 0 Å². The number of rotatable bonds is 7. The number of nitro groups is 1. The quantitative estimate of drug-likeness (QED) is 0.436. The van der Waals surface area contributed by atoms with E-state index in [0.29, 0.717) is 24.5 Å². The maximum atomic E-state index is 11.7.